The van der Waals surface area contributed by atoms with E-state index >= 15 is 0 Å². The summed E-state index contributed by atoms with van der Waals surface area (Å²) in [5.74, 6) is -1.32. The lowest BCUT2D eigenvalue weighted by molar-refractivity contribution is -0.142. The zero-order valence-electron chi connectivity index (χ0n) is 20.9. The number of hydrogen-bond donors (Lipinski definition) is 0. The monoisotopic (exact) mass is 517 g/mol. The predicted molar refractivity (Wildman–Crippen MR) is 128 cm³/mol. The molecule has 5 rings (SSSR count). The maximum absolute atomic E-state index is 13.5. The van der Waals surface area contributed by atoms with Crippen molar-refractivity contribution >= 4 is 17.8 Å². The number of piperazine rings is 1. The van der Waals surface area contributed by atoms with Crippen molar-refractivity contribution in [2.45, 2.75) is 58.0 Å². The van der Waals surface area contributed by atoms with Crippen LogP contribution >= 0.6 is 0 Å². The second-order valence-corrected chi connectivity index (χ2v) is 10.5. The molecule has 0 radical (unpaired) electrons. The fourth-order valence-corrected chi connectivity index (χ4v) is 4.86. The number of likely N-dealkylation sites (tertiary alicyclic amines) is 1. The molecule has 0 aliphatic carbocycles. The number of anilines is 1. The van der Waals surface area contributed by atoms with Crippen LogP contribution < -0.4 is 15.3 Å². The summed E-state index contributed by atoms with van der Waals surface area (Å²) in [6.45, 7) is 7.48. The molecule has 2 atom stereocenters. The highest BCUT2D eigenvalue weighted by atomic mass is 19.2. The first kappa shape index (κ1) is 25.0. The number of halogens is 2. The van der Waals surface area contributed by atoms with Crippen LogP contribution in [0, 0.1) is 11.6 Å². The van der Waals surface area contributed by atoms with E-state index in [1.807, 2.05) is 4.90 Å². The van der Waals surface area contributed by atoms with Crippen molar-refractivity contribution in [3.63, 3.8) is 0 Å². The van der Waals surface area contributed by atoms with E-state index in [-0.39, 0.29) is 24.4 Å². The van der Waals surface area contributed by atoms with Crippen LogP contribution in [0.2, 0.25) is 0 Å². The first-order valence-corrected chi connectivity index (χ1v) is 12.2. The van der Waals surface area contributed by atoms with E-state index in [0.717, 1.165) is 12.1 Å². The van der Waals surface area contributed by atoms with Gasteiger partial charge in [0.1, 0.15) is 24.1 Å². The van der Waals surface area contributed by atoms with E-state index in [4.69, 9.17) is 9.47 Å². The van der Waals surface area contributed by atoms with Gasteiger partial charge in [-0.05, 0) is 44.9 Å². The van der Waals surface area contributed by atoms with Gasteiger partial charge < -0.3 is 19.3 Å². The quantitative estimate of drug-likeness (QED) is 0.613. The van der Waals surface area contributed by atoms with Crippen LogP contribution in [0.3, 0.4) is 0 Å². The topological polar surface area (TPSA) is 97.2 Å². The number of hydrogen-bond acceptors (Lipinski definition) is 7. The zero-order valence-corrected chi connectivity index (χ0v) is 20.9. The van der Waals surface area contributed by atoms with Gasteiger partial charge in [-0.3, -0.25) is 14.3 Å². The fraction of sp³-hybridized carbons (Fsp3) is 0.520. The van der Waals surface area contributed by atoms with Gasteiger partial charge in [0.15, 0.2) is 11.6 Å². The number of nitrogens with zero attached hydrogens (tertiary/aromatic N) is 5. The van der Waals surface area contributed by atoms with Crippen LogP contribution in [0.1, 0.15) is 32.8 Å². The van der Waals surface area contributed by atoms with Crippen molar-refractivity contribution in [3.8, 4) is 5.88 Å². The molecule has 0 unspecified atom stereocenters. The molecule has 2 amide bonds. The van der Waals surface area contributed by atoms with E-state index in [1.54, 1.807) is 36.3 Å². The SMILES string of the molecule is CC(C)(C)OC(=O)N1CC[C@H]1C(=O)N1CCN2c3cc(OCc4ccc(F)c(F)c4)nc(=O)n3C[C@@H]2C1. The van der Waals surface area contributed by atoms with Gasteiger partial charge in [-0.15, -0.1) is 0 Å². The third-order valence-electron chi connectivity index (χ3n) is 6.75. The molecule has 0 bridgehead atoms. The van der Waals surface area contributed by atoms with Gasteiger partial charge in [0.05, 0.1) is 12.6 Å². The summed E-state index contributed by atoms with van der Waals surface area (Å²) >= 11 is 0. The van der Waals surface area contributed by atoms with Crippen LogP contribution in [0.4, 0.5) is 19.4 Å². The van der Waals surface area contributed by atoms with E-state index in [2.05, 4.69) is 4.98 Å². The summed E-state index contributed by atoms with van der Waals surface area (Å²) in [6, 6.07) is 4.44. The summed E-state index contributed by atoms with van der Waals surface area (Å²) in [6.07, 6.45) is 0.100. The predicted octanol–water partition coefficient (Wildman–Crippen LogP) is 2.14. The van der Waals surface area contributed by atoms with Gasteiger partial charge >= 0.3 is 11.8 Å². The van der Waals surface area contributed by atoms with Crippen molar-refractivity contribution in [1.82, 2.24) is 19.4 Å². The smallest absolute Gasteiger partial charge is 0.410 e. The zero-order chi connectivity index (χ0) is 26.5. The first-order valence-electron chi connectivity index (χ1n) is 12.2. The molecule has 37 heavy (non-hydrogen) atoms. The maximum Gasteiger partial charge on any atom is 0.410 e. The van der Waals surface area contributed by atoms with Gasteiger partial charge in [-0.2, -0.15) is 4.98 Å². The van der Waals surface area contributed by atoms with E-state index < -0.39 is 35.1 Å². The second-order valence-electron chi connectivity index (χ2n) is 10.5. The van der Waals surface area contributed by atoms with Crippen molar-refractivity contribution in [2.24, 2.45) is 0 Å². The summed E-state index contributed by atoms with van der Waals surface area (Å²) < 4.78 is 39.2. The third kappa shape index (κ3) is 4.96. The van der Waals surface area contributed by atoms with Gasteiger partial charge in [0.2, 0.25) is 11.8 Å². The summed E-state index contributed by atoms with van der Waals surface area (Å²) in [5, 5.41) is 0. The van der Waals surface area contributed by atoms with Crippen molar-refractivity contribution in [2.75, 3.05) is 31.1 Å². The minimum atomic E-state index is -0.977. The summed E-state index contributed by atoms with van der Waals surface area (Å²) in [7, 11) is 0. The Labute approximate surface area is 212 Å². The molecule has 10 nitrogen and oxygen atoms in total. The number of carbonyl (C=O) groups is 2. The molecule has 1 aromatic heterocycles. The van der Waals surface area contributed by atoms with Crippen molar-refractivity contribution in [1.29, 1.82) is 0 Å². The molecule has 0 spiro atoms. The Bertz CT molecular complexity index is 1290. The lowest BCUT2D eigenvalue weighted by Crippen LogP contribution is -2.63. The molecular formula is C25H29F2N5O5. The van der Waals surface area contributed by atoms with Crippen molar-refractivity contribution < 1.29 is 27.8 Å². The van der Waals surface area contributed by atoms with E-state index in [0.29, 0.717) is 50.5 Å². The van der Waals surface area contributed by atoms with E-state index in [1.165, 1.54) is 11.0 Å². The largest absolute Gasteiger partial charge is 0.473 e. The molecule has 0 N–H and O–H groups in total. The van der Waals surface area contributed by atoms with Gasteiger partial charge in [-0.1, -0.05) is 6.07 Å². The molecule has 4 heterocycles. The molecule has 3 aliphatic rings. The molecular weight excluding hydrogens is 488 g/mol. The second kappa shape index (κ2) is 9.31. The third-order valence-corrected chi connectivity index (χ3v) is 6.75. The Morgan fingerprint density at radius 1 is 1.08 bits per heavy atom. The minimum Gasteiger partial charge on any atom is -0.473 e. The number of amides is 2. The normalized spacial score (nSPS) is 20.7. The maximum atomic E-state index is 13.5. The van der Waals surface area contributed by atoms with Crippen molar-refractivity contribution in [3.05, 3.63) is 51.9 Å². The number of fused-ring (bicyclic) bond motifs is 3. The van der Waals surface area contributed by atoms with Crippen LogP contribution in [0.25, 0.3) is 0 Å². The Kier molecular flexibility index (Phi) is 6.28. The molecule has 198 valence electrons. The Morgan fingerprint density at radius 2 is 1.86 bits per heavy atom. The van der Waals surface area contributed by atoms with Crippen LogP contribution in [-0.4, -0.2) is 75.2 Å². The van der Waals surface area contributed by atoms with Crippen LogP contribution in [-0.2, 0) is 22.7 Å². The summed E-state index contributed by atoms with van der Waals surface area (Å²) in [5.41, 5.74) is -0.719. The highest BCUT2D eigenvalue weighted by Crippen LogP contribution is 2.31. The number of carbonyl (C=O) groups excluding carboxylic acids is 2. The Hall–Kier alpha value is -3.70. The summed E-state index contributed by atoms with van der Waals surface area (Å²) in [4.78, 5) is 47.6. The average Bonchev–Trinajstić information content (AvgIpc) is 3.16. The van der Waals surface area contributed by atoms with Gasteiger partial charge in [0, 0.05) is 32.2 Å². The van der Waals surface area contributed by atoms with Crippen LogP contribution in [0.5, 0.6) is 5.88 Å². The number of aromatic nitrogens is 2. The number of rotatable bonds is 4. The highest BCUT2D eigenvalue weighted by molar-refractivity contribution is 5.87. The lowest BCUT2D eigenvalue weighted by atomic mass is 10.0. The molecule has 2 aromatic rings. The Balaban J connectivity index is 1.23. The average molecular weight is 518 g/mol. The molecule has 1 aromatic carbocycles. The molecule has 2 fully saturated rings. The van der Waals surface area contributed by atoms with Crippen LogP contribution in [0.15, 0.2) is 29.1 Å². The lowest BCUT2D eigenvalue weighted by Gasteiger charge is -2.45. The van der Waals surface area contributed by atoms with E-state index in [9.17, 15) is 23.2 Å². The molecule has 0 saturated carbocycles. The number of benzene rings is 1. The number of ether oxygens (including phenoxy) is 2. The van der Waals surface area contributed by atoms with Gasteiger partial charge in [0.25, 0.3) is 0 Å². The van der Waals surface area contributed by atoms with Gasteiger partial charge in [-0.25, -0.2) is 18.4 Å². The minimum absolute atomic E-state index is 0.0751. The molecule has 12 heteroatoms. The molecule has 2 saturated heterocycles. The Morgan fingerprint density at radius 3 is 2.54 bits per heavy atom. The molecule has 3 aliphatic heterocycles. The standard InChI is InChI=1S/C25H29F2N5O5/c1-25(2,3)37-24(35)31-7-6-19(31)22(33)29-8-9-30-16(12-29)13-32-21(30)11-20(28-23(32)34)36-14-15-4-5-17(26)18(27)10-15/h4-5,10-11,16,19H,6-9,12-14H2,1-3H3/t16-,19-/m0/s1. The highest BCUT2D eigenvalue weighted by Gasteiger charge is 2.44. The fourth-order valence-electron chi connectivity index (χ4n) is 4.86. The first-order chi connectivity index (χ1) is 17.5.